The first-order valence-electron chi connectivity index (χ1n) is 10.6. The number of aromatic nitrogens is 2. The minimum atomic E-state index is -0.636. The Morgan fingerprint density at radius 1 is 1.06 bits per heavy atom. The number of pyridine rings is 1. The molecular formula is C26H17ClFN3O4S. The summed E-state index contributed by atoms with van der Waals surface area (Å²) in [6.45, 7) is 0. The zero-order valence-electron chi connectivity index (χ0n) is 18.7. The molecule has 180 valence electrons. The molecule has 2 aromatic heterocycles. The third-order valence-corrected chi connectivity index (χ3v) is 6.46. The number of thiazole rings is 1. The summed E-state index contributed by atoms with van der Waals surface area (Å²) < 4.78 is 25.4. The van der Waals surface area contributed by atoms with Gasteiger partial charge in [0.25, 0.3) is 5.91 Å². The van der Waals surface area contributed by atoms with E-state index < -0.39 is 11.7 Å². The molecule has 2 heterocycles. The summed E-state index contributed by atoms with van der Waals surface area (Å²) in [5.74, 6) is -0.554. The van der Waals surface area contributed by atoms with E-state index in [0.717, 1.165) is 15.8 Å². The van der Waals surface area contributed by atoms with E-state index in [1.54, 1.807) is 6.07 Å². The average Bonchev–Trinajstić information content (AvgIpc) is 3.26. The number of nitrogens with zero attached hydrogens (tertiary/aromatic N) is 2. The number of hydrogen-bond acceptors (Lipinski definition) is 7. The van der Waals surface area contributed by atoms with Crippen LogP contribution in [-0.4, -0.2) is 28.1 Å². The van der Waals surface area contributed by atoms with Crippen LogP contribution in [0, 0.1) is 5.82 Å². The van der Waals surface area contributed by atoms with E-state index in [4.69, 9.17) is 21.1 Å². The van der Waals surface area contributed by atoms with Crippen molar-refractivity contribution in [3.8, 4) is 34.1 Å². The SMILES string of the molecule is COc1ccnc(C(=O)Nc2nc3cc(-c4ccccc4)c(Oc4ccc(F)cc4Cl)cc3s2)c1O. The van der Waals surface area contributed by atoms with Crippen molar-refractivity contribution in [2.75, 3.05) is 12.4 Å². The fourth-order valence-electron chi connectivity index (χ4n) is 3.54. The van der Waals surface area contributed by atoms with Gasteiger partial charge < -0.3 is 14.6 Å². The van der Waals surface area contributed by atoms with Gasteiger partial charge in [-0.2, -0.15) is 0 Å². The predicted molar refractivity (Wildman–Crippen MR) is 137 cm³/mol. The molecule has 0 atom stereocenters. The van der Waals surface area contributed by atoms with Gasteiger partial charge in [0, 0.05) is 23.9 Å². The smallest absolute Gasteiger partial charge is 0.280 e. The number of anilines is 1. The van der Waals surface area contributed by atoms with Gasteiger partial charge in [0.2, 0.25) is 0 Å². The minimum Gasteiger partial charge on any atom is -0.503 e. The lowest BCUT2D eigenvalue weighted by Crippen LogP contribution is -2.13. The van der Waals surface area contributed by atoms with Gasteiger partial charge in [-0.25, -0.2) is 14.4 Å². The normalized spacial score (nSPS) is 10.9. The molecule has 0 aliphatic rings. The molecule has 0 fully saturated rings. The summed E-state index contributed by atoms with van der Waals surface area (Å²) in [6.07, 6.45) is 1.36. The van der Waals surface area contributed by atoms with Gasteiger partial charge in [-0.3, -0.25) is 10.1 Å². The second-order valence-corrected chi connectivity index (χ2v) is 8.98. The molecule has 0 unspecified atom stereocenters. The number of fused-ring (bicyclic) bond motifs is 1. The number of benzene rings is 3. The van der Waals surface area contributed by atoms with Crippen LogP contribution >= 0.6 is 22.9 Å². The molecule has 36 heavy (non-hydrogen) atoms. The Hall–Kier alpha value is -4.21. The van der Waals surface area contributed by atoms with Crippen LogP contribution in [0.1, 0.15) is 10.5 Å². The first kappa shape index (κ1) is 23.5. The largest absolute Gasteiger partial charge is 0.503 e. The predicted octanol–water partition coefficient (Wildman–Crippen LogP) is 6.91. The van der Waals surface area contributed by atoms with Gasteiger partial charge in [-0.05, 0) is 29.8 Å². The topological polar surface area (TPSA) is 93.6 Å². The lowest BCUT2D eigenvalue weighted by molar-refractivity contribution is 0.101. The van der Waals surface area contributed by atoms with Crippen molar-refractivity contribution in [1.82, 2.24) is 9.97 Å². The molecule has 0 bridgehead atoms. The maximum atomic E-state index is 13.5. The van der Waals surface area contributed by atoms with Crippen LogP contribution in [0.2, 0.25) is 5.02 Å². The fourth-order valence-corrected chi connectivity index (χ4v) is 4.61. The molecule has 2 N–H and O–H groups in total. The monoisotopic (exact) mass is 521 g/mol. The molecule has 10 heteroatoms. The van der Waals surface area contributed by atoms with Crippen LogP contribution in [0.4, 0.5) is 9.52 Å². The van der Waals surface area contributed by atoms with Gasteiger partial charge in [-0.15, -0.1) is 0 Å². The molecule has 5 rings (SSSR count). The van der Waals surface area contributed by atoms with Crippen molar-refractivity contribution in [3.63, 3.8) is 0 Å². The number of methoxy groups -OCH3 is 1. The van der Waals surface area contributed by atoms with Crippen LogP contribution in [0.15, 0.2) is 72.9 Å². The van der Waals surface area contributed by atoms with Crippen molar-refractivity contribution in [2.24, 2.45) is 0 Å². The van der Waals surface area contributed by atoms with Gasteiger partial charge in [0.1, 0.15) is 17.3 Å². The summed E-state index contributed by atoms with van der Waals surface area (Å²) in [4.78, 5) is 21.2. The number of rotatable bonds is 6. The van der Waals surface area contributed by atoms with Crippen LogP contribution in [0.5, 0.6) is 23.0 Å². The number of hydrogen-bond donors (Lipinski definition) is 2. The fraction of sp³-hybridized carbons (Fsp3) is 0.0385. The minimum absolute atomic E-state index is 0.133. The number of ether oxygens (including phenoxy) is 2. The van der Waals surface area contributed by atoms with E-state index in [9.17, 15) is 14.3 Å². The molecule has 5 aromatic rings. The highest BCUT2D eigenvalue weighted by molar-refractivity contribution is 7.22. The first-order valence-corrected chi connectivity index (χ1v) is 11.8. The van der Waals surface area contributed by atoms with Crippen LogP contribution in [0.3, 0.4) is 0 Å². The molecule has 0 saturated heterocycles. The van der Waals surface area contributed by atoms with Crippen molar-refractivity contribution in [1.29, 1.82) is 0 Å². The number of carbonyl (C=O) groups excluding carboxylic acids is 1. The number of amides is 1. The van der Waals surface area contributed by atoms with Gasteiger partial charge >= 0.3 is 0 Å². The Kier molecular flexibility index (Phi) is 6.41. The molecule has 7 nitrogen and oxygen atoms in total. The summed E-state index contributed by atoms with van der Waals surface area (Å²) in [5.41, 5.74) is 2.04. The summed E-state index contributed by atoms with van der Waals surface area (Å²) in [6, 6.07) is 18.5. The standard InChI is InChI=1S/C26H17ClFN3O4S/c1-34-20-9-10-29-23(24(20)32)25(33)31-26-30-18-12-16(14-5-3-2-4-6-14)21(13-22(18)36-26)35-19-8-7-15(28)11-17(19)27/h2-13,32H,1H3,(H,30,31,33). The van der Waals surface area contributed by atoms with Crippen molar-refractivity contribution in [2.45, 2.75) is 0 Å². The van der Waals surface area contributed by atoms with Crippen LogP contribution in [-0.2, 0) is 0 Å². The van der Waals surface area contributed by atoms with E-state index in [1.165, 1.54) is 48.9 Å². The number of aromatic hydroxyl groups is 1. The highest BCUT2D eigenvalue weighted by atomic mass is 35.5. The van der Waals surface area contributed by atoms with Crippen molar-refractivity contribution in [3.05, 3.63) is 89.5 Å². The third kappa shape index (κ3) is 4.66. The summed E-state index contributed by atoms with van der Waals surface area (Å²) in [7, 11) is 1.38. The first-order chi connectivity index (χ1) is 17.4. The van der Waals surface area contributed by atoms with E-state index in [-0.39, 0.29) is 22.2 Å². The van der Waals surface area contributed by atoms with Gasteiger partial charge in [-0.1, -0.05) is 53.3 Å². The number of carbonyl (C=O) groups is 1. The molecule has 0 saturated carbocycles. The summed E-state index contributed by atoms with van der Waals surface area (Å²) >= 11 is 7.41. The Balaban J connectivity index is 1.53. The van der Waals surface area contributed by atoms with Crippen LogP contribution < -0.4 is 14.8 Å². The quantitative estimate of drug-likeness (QED) is 0.252. The second kappa shape index (κ2) is 9.80. The van der Waals surface area contributed by atoms with E-state index in [0.29, 0.717) is 22.1 Å². The second-order valence-electron chi connectivity index (χ2n) is 7.54. The molecule has 0 radical (unpaired) electrons. The molecular weight excluding hydrogens is 505 g/mol. The molecule has 1 amide bonds. The van der Waals surface area contributed by atoms with Gasteiger partial charge in [0.15, 0.2) is 22.3 Å². The lowest BCUT2D eigenvalue weighted by Gasteiger charge is -2.13. The Labute approximate surface area is 213 Å². The average molecular weight is 522 g/mol. The van der Waals surface area contributed by atoms with Crippen LogP contribution in [0.25, 0.3) is 21.3 Å². The Morgan fingerprint density at radius 2 is 1.86 bits per heavy atom. The summed E-state index contributed by atoms with van der Waals surface area (Å²) in [5, 5.41) is 13.3. The van der Waals surface area contributed by atoms with Gasteiger partial charge in [0.05, 0.1) is 22.3 Å². The van der Waals surface area contributed by atoms with E-state index >= 15 is 0 Å². The molecule has 0 aliphatic heterocycles. The highest BCUT2D eigenvalue weighted by Crippen LogP contribution is 2.41. The maximum Gasteiger partial charge on any atom is 0.280 e. The molecule has 3 aromatic carbocycles. The number of nitrogens with one attached hydrogen (secondary N) is 1. The van der Waals surface area contributed by atoms with Crippen molar-refractivity contribution >= 4 is 44.2 Å². The third-order valence-electron chi connectivity index (χ3n) is 5.23. The number of halogens is 2. The Morgan fingerprint density at radius 3 is 2.61 bits per heavy atom. The zero-order chi connectivity index (χ0) is 25.2. The lowest BCUT2D eigenvalue weighted by atomic mass is 10.0. The van der Waals surface area contributed by atoms with E-state index in [1.807, 2.05) is 36.4 Å². The maximum absolute atomic E-state index is 13.5. The molecule has 0 spiro atoms. The Bertz CT molecular complexity index is 1590. The van der Waals surface area contributed by atoms with E-state index in [2.05, 4.69) is 15.3 Å². The highest BCUT2D eigenvalue weighted by Gasteiger charge is 2.20. The zero-order valence-corrected chi connectivity index (χ0v) is 20.2. The molecule has 0 aliphatic carbocycles. The van der Waals surface area contributed by atoms with Crippen molar-refractivity contribution < 1.29 is 23.8 Å².